The third kappa shape index (κ3) is 3.21. The van der Waals surface area contributed by atoms with Gasteiger partial charge in [0, 0.05) is 6.07 Å². The SMILES string of the molecule is COc1ccc(Nc2ccc([N+](=O)[O-])cn2)c([N+](=O)[O-])c1. The summed E-state index contributed by atoms with van der Waals surface area (Å²) >= 11 is 0. The molecule has 0 amide bonds. The summed E-state index contributed by atoms with van der Waals surface area (Å²) in [4.78, 5) is 24.2. The van der Waals surface area contributed by atoms with E-state index in [1.807, 2.05) is 0 Å². The Morgan fingerprint density at radius 3 is 2.43 bits per heavy atom. The highest BCUT2D eigenvalue weighted by Gasteiger charge is 2.16. The Labute approximate surface area is 118 Å². The molecule has 0 unspecified atom stereocenters. The Kier molecular flexibility index (Phi) is 3.93. The van der Waals surface area contributed by atoms with Crippen molar-refractivity contribution in [1.29, 1.82) is 0 Å². The van der Waals surface area contributed by atoms with Gasteiger partial charge in [0.2, 0.25) is 0 Å². The average Bonchev–Trinajstić information content (AvgIpc) is 2.48. The van der Waals surface area contributed by atoms with Gasteiger partial charge < -0.3 is 10.1 Å². The molecule has 0 saturated carbocycles. The monoisotopic (exact) mass is 290 g/mol. The number of hydrogen-bond acceptors (Lipinski definition) is 7. The Morgan fingerprint density at radius 1 is 1.14 bits per heavy atom. The van der Waals surface area contributed by atoms with E-state index in [2.05, 4.69) is 10.3 Å². The van der Waals surface area contributed by atoms with Crippen LogP contribution in [0.5, 0.6) is 5.75 Å². The predicted molar refractivity (Wildman–Crippen MR) is 73.8 cm³/mol. The van der Waals surface area contributed by atoms with Gasteiger partial charge in [0.1, 0.15) is 23.5 Å². The molecule has 0 aliphatic rings. The molecule has 0 aliphatic carbocycles. The maximum absolute atomic E-state index is 11.0. The minimum atomic E-state index is -0.577. The molecule has 0 saturated heterocycles. The molecule has 2 rings (SSSR count). The van der Waals surface area contributed by atoms with Crippen molar-refractivity contribution in [2.75, 3.05) is 12.4 Å². The molecule has 108 valence electrons. The highest BCUT2D eigenvalue weighted by Crippen LogP contribution is 2.31. The van der Waals surface area contributed by atoms with Crippen LogP contribution in [-0.4, -0.2) is 21.9 Å². The van der Waals surface area contributed by atoms with E-state index in [1.165, 1.54) is 31.4 Å². The number of benzene rings is 1. The third-order valence-corrected chi connectivity index (χ3v) is 2.62. The molecule has 1 aromatic heterocycles. The summed E-state index contributed by atoms with van der Waals surface area (Å²) in [6.45, 7) is 0. The van der Waals surface area contributed by atoms with Crippen molar-refractivity contribution in [3.05, 3.63) is 56.8 Å². The minimum absolute atomic E-state index is 0.162. The number of nitrogens with zero attached hydrogens (tertiary/aromatic N) is 3. The van der Waals surface area contributed by atoms with Gasteiger partial charge in [-0.1, -0.05) is 0 Å². The van der Waals surface area contributed by atoms with Gasteiger partial charge >= 0.3 is 0 Å². The highest BCUT2D eigenvalue weighted by molar-refractivity contribution is 5.69. The van der Waals surface area contributed by atoms with Gasteiger partial charge in [-0.3, -0.25) is 20.2 Å². The third-order valence-electron chi connectivity index (χ3n) is 2.62. The van der Waals surface area contributed by atoms with E-state index < -0.39 is 9.85 Å². The molecule has 1 aromatic carbocycles. The molecule has 0 radical (unpaired) electrons. The fourth-order valence-electron chi connectivity index (χ4n) is 1.60. The van der Waals surface area contributed by atoms with Gasteiger partial charge in [0.15, 0.2) is 0 Å². The van der Waals surface area contributed by atoms with E-state index in [0.717, 1.165) is 6.20 Å². The molecule has 1 heterocycles. The van der Waals surface area contributed by atoms with Crippen LogP contribution in [0.4, 0.5) is 22.9 Å². The smallest absolute Gasteiger partial charge is 0.296 e. The zero-order valence-corrected chi connectivity index (χ0v) is 10.8. The maximum atomic E-state index is 11.0. The number of rotatable bonds is 5. The first kappa shape index (κ1) is 14.2. The molecular formula is C12H10N4O5. The minimum Gasteiger partial charge on any atom is -0.496 e. The van der Waals surface area contributed by atoms with Crippen LogP contribution in [0.3, 0.4) is 0 Å². The lowest BCUT2D eigenvalue weighted by Crippen LogP contribution is -1.99. The zero-order valence-electron chi connectivity index (χ0n) is 10.8. The molecule has 2 aromatic rings. The highest BCUT2D eigenvalue weighted by atomic mass is 16.6. The zero-order chi connectivity index (χ0) is 15.4. The Hall–Kier alpha value is -3.23. The second-order valence-corrected chi connectivity index (χ2v) is 3.92. The van der Waals surface area contributed by atoms with Crippen LogP contribution in [0.25, 0.3) is 0 Å². The molecule has 0 atom stereocenters. The number of nitro groups is 2. The number of ether oxygens (including phenoxy) is 1. The number of nitrogens with one attached hydrogen (secondary N) is 1. The molecule has 0 fully saturated rings. The summed E-state index contributed by atoms with van der Waals surface area (Å²) in [5.41, 5.74) is -0.138. The molecule has 1 N–H and O–H groups in total. The number of pyridine rings is 1. The lowest BCUT2D eigenvalue weighted by atomic mass is 10.2. The predicted octanol–water partition coefficient (Wildman–Crippen LogP) is 2.65. The topological polar surface area (TPSA) is 120 Å². The second-order valence-electron chi connectivity index (χ2n) is 3.92. The lowest BCUT2D eigenvalue weighted by molar-refractivity contribution is -0.385. The van der Waals surface area contributed by atoms with Crippen LogP contribution in [0.1, 0.15) is 0 Å². The summed E-state index contributed by atoms with van der Waals surface area (Å²) in [5.74, 6) is 0.609. The van der Waals surface area contributed by atoms with E-state index >= 15 is 0 Å². The summed E-state index contributed by atoms with van der Waals surface area (Å²) < 4.78 is 4.93. The van der Waals surface area contributed by atoms with Crippen molar-refractivity contribution in [3.8, 4) is 5.75 Å². The number of hydrogen-bond donors (Lipinski definition) is 1. The number of anilines is 2. The summed E-state index contributed by atoms with van der Waals surface area (Å²) in [7, 11) is 1.41. The van der Waals surface area contributed by atoms with Crippen molar-refractivity contribution >= 4 is 22.9 Å². The Morgan fingerprint density at radius 2 is 1.90 bits per heavy atom. The molecule has 0 bridgehead atoms. The van der Waals surface area contributed by atoms with Crippen LogP contribution >= 0.6 is 0 Å². The first-order valence-corrected chi connectivity index (χ1v) is 5.71. The fraction of sp³-hybridized carbons (Fsp3) is 0.0833. The van der Waals surface area contributed by atoms with Crippen molar-refractivity contribution in [2.45, 2.75) is 0 Å². The lowest BCUT2D eigenvalue weighted by Gasteiger charge is -2.07. The van der Waals surface area contributed by atoms with Crippen molar-refractivity contribution < 1.29 is 14.6 Å². The molecule has 21 heavy (non-hydrogen) atoms. The normalized spacial score (nSPS) is 9.95. The first-order chi connectivity index (χ1) is 10.0. The van der Waals surface area contributed by atoms with Crippen LogP contribution < -0.4 is 10.1 Å². The number of nitro benzene ring substituents is 1. The molecule has 0 spiro atoms. The van der Waals surface area contributed by atoms with E-state index in [4.69, 9.17) is 4.74 Å². The largest absolute Gasteiger partial charge is 0.496 e. The van der Waals surface area contributed by atoms with Gasteiger partial charge in [0.25, 0.3) is 11.4 Å². The standard InChI is InChI=1S/C12H10N4O5/c1-21-9-3-4-10(11(6-9)16(19)20)14-12-5-2-8(7-13-12)15(17)18/h2-7H,1H3,(H,13,14). The van der Waals surface area contributed by atoms with E-state index in [0.29, 0.717) is 5.75 Å². The summed E-state index contributed by atoms with van der Waals surface area (Å²) in [5, 5.41) is 24.3. The van der Waals surface area contributed by atoms with Crippen LogP contribution in [-0.2, 0) is 0 Å². The molecule has 0 aliphatic heterocycles. The van der Waals surface area contributed by atoms with Gasteiger partial charge in [-0.15, -0.1) is 0 Å². The second kappa shape index (κ2) is 5.82. The van der Waals surface area contributed by atoms with Crippen LogP contribution in [0, 0.1) is 20.2 Å². The van der Waals surface area contributed by atoms with Crippen LogP contribution in [0.15, 0.2) is 36.5 Å². The van der Waals surface area contributed by atoms with Gasteiger partial charge in [-0.05, 0) is 18.2 Å². The average molecular weight is 290 g/mol. The van der Waals surface area contributed by atoms with Gasteiger partial charge in [0.05, 0.1) is 23.0 Å². The molecular weight excluding hydrogens is 280 g/mol. The maximum Gasteiger partial charge on any atom is 0.296 e. The number of methoxy groups -OCH3 is 1. The quantitative estimate of drug-likeness (QED) is 0.663. The first-order valence-electron chi connectivity index (χ1n) is 5.71. The fourth-order valence-corrected chi connectivity index (χ4v) is 1.60. The van der Waals surface area contributed by atoms with Crippen molar-refractivity contribution in [3.63, 3.8) is 0 Å². The van der Waals surface area contributed by atoms with Crippen LogP contribution in [0.2, 0.25) is 0 Å². The van der Waals surface area contributed by atoms with E-state index in [9.17, 15) is 20.2 Å². The number of aromatic nitrogens is 1. The summed E-state index contributed by atoms with van der Waals surface area (Å²) in [6.07, 6.45) is 1.07. The van der Waals surface area contributed by atoms with Crippen molar-refractivity contribution in [1.82, 2.24) is 4.98 Å². The Bertz CT molecular complexity index is 687. The summed E-state index contributed by atoms with van der Waals surface area (Å²) in [6, 6.07) is 6.92. The van der Waals surface area contributed by atoms with Crippen molar-refractivity contribution in [2.24, 2.45) is 0 Å². The Balaban J connectivity index is 2.30. The van der Waals surface area contributed by atoms with Gasteiger partial charge in [-0.2, -0.15) is 0 Å². The van der Waals surface area contributed by atoms with Gasteiger partial charge in [-0.25, -0.2) is 4.98 Å². The van der Waals surface area contributed by atoms with E-state index in [1.54, 1.807) is 6.07 Å². The van der Waals surface area contributed by atoms with E-state index in [-0.39, 0.29) is 22.9 Å². The molecule has 9 heteroatoms. The molecule has 9 nitrogen and oxygen atoms in total.